The van der Waals surface area contributed by atoms with Gasteiger partial charge in [-0.3, -0.25) is 4.79 Å². The van der Waals surface area contributed by atoms with Gasteiger partial charge in [-0.1, -0.05) is 13.0 Å². The monoisotopic (exact) mass is 290 g/mol. The Labute approximate surface area is 115 Å². The van der Waals surface area contributed by atoms with E-state index in [2.05, 4.69) is 10.6 Å². The Hall–Kier alpha value is -1.76. The molecule has 0 aromatic heterocycles. The summed E-state index contributed by atoms with van der Waals surface area (Å²) in [6.07, 6.45) is -4.42. The van der Waals surface area contributed by atoms with E-state index >= 15 is 0 Å². The van der Waals surface area contributed by atoms with Crippen molar-refractivity contribution in [2.24, 2.45) is 0 Å². The molecule has 0 saturated carbocycles. The Bertz CT molecular complexity index is 436. The molecule has 1 amide bonds. The minimum absolute atomic E-state index is 0.0154. The molecule has 0 unspecified atom stereocenters. The van der Waals surface area contributed by atoms with Gasteiger partial charge in [0.1, 0.15) is 5.75 Å². The Balaban J connectivity index is 2.40. The molecule has 0 radical (unpaired) electrons. The van der Waals surface area contributed by atoms with E-state index < -0.39 is 11.7 Å². The SMILES string of the molecule is CCNCCNC(=O)COc1cccc(C(F)(F)F)c1. The third kappa shape index (κ3) is 5.92. The van der Waals surface area contributed by atoms with E-state index in [1.54, 1.807) is 0 Å². The standard InChI is InChI=1S/C13H17F3N2O2/c1-2-17-6-7-18-12(19)9-20-11-5-3-4-10(8-11)13(14,15)16/h3-5,8,17H,2,6-7,9H2,1H3,(H,18,19). The number of benzene rings is 1. The number of hydrogen-bond donors (Lipinski definition) is 2. The molecule has 112 valence electrons. The number of ether oxygens (including phenoxy) is 1. The first kappa shape index (κ1) is 16.3. The molecule has 0 fully saturated rings. The van der Waals surface area contributed by atoms with Crippen molar-refractivity contribution >= 4 is 5.91 Å². The summed E-state index contributed by atoms with van der Waals surface area (Å²) in [5.74, 6) is -0.359. The number of amides is 1. The van der Waals surface area contributed by atoms with Crippen molar-refractivity contribution < 1.29 is 22.7 Å². The molecule has 1 aromatic rings. The first-order chi connectivity index (χ1) is 9.43. The number of hydrogen-bond acceptors (Lipinski definition) is 3. The van der Waals surface area contributed by atoms with Crippen LogP contribution in [-0.4, -0.2) is 32.1 Å². The van der Waals surface area contributed by atoms with Crippen LogP contribution in [0, 0.1) is 0 Å². The summed E-state index contributed by atoms with van der Waals surface area (Å²) in [6.45, 7) is 3.51. The van der Waals surface area contributed by atoms with Gasteiger partial charge >= 0.3 is 6.18 Å². The second-order valence-electron chi connectivity index (χ2n) is 4.02. The van der Waals surface area contributed by atoms with Crippen LogP contribution in [0.1, 0.15) is 12.5 Å². The van der Waals surface area contributed by atoms with Crippen LogP contribution in [-0.2, 0) is 11.0 Å². The lowest BCUT2D eigenvalue weighted by atomic mass is 10.2. The van der Waals surface area contributed by atoms with E-state index in [1.807, 2.05) is 6.92 Å². The Morgan fingerprint density at radius 2 is 2.05 bits per heavy atom. The van der Waals surface area contributed by atoms with Crippen molar-refractivity contribution in [3.63, 3.8) is 0 Å². The number of carbonyl (C=O) groups is 1. The van der Waals surface area contributed by atoms with Crippen LogP contribution in [0.3, 0.4) is 0 Å². The minimum atomic E-state index is -4.42. The summed E-state index contributed by atoms with van der Waals surface area (Å²) in [6, 6.07) is 4.43. The number of alkyl halides is 3. The van der Waals surface area contributed by atoms with Gasteiger partial charge in [-0.2, -0.15) is 13.2 Å². The van der Waals surface area contributed by atoms with Crippen molar-refractivity contribution in [3.05, 3.63) is 29.8 Å². The lowest BCUT2D eigenvalue weighted by Crippen LogP contribution is -2.34. The van der Waals surface area contributed by atoms with Gasteiger partial charge in [-0.15, -0.1) is 0 Å². The average molecular weight is 290 g/mol. The smallest absolute Gasteiger partial charge is 0.416 e. The molecule has 1 aromatic carbocycles. The zero-order chi connectivity index (χ0) is 15.0. The fourth-order valence-electron chi connectivity index (χ4n) is 1.43. The molecular formula is C13H17F3N2O2. The highest BCUT2D eigenvalue weighted by molar-refractivity contribution is 5.77. The third-order valence-corrected chi connectivity index (χ3v) is 2.41. The maximum Gasteiger partial charge on any atom is 0.416 e. The van der Waals surface area contributed by atoms with Crippen LogP contribution >= 0.6 is 0 Å². The molecule has 0 aliphatic heterocycles. The highest BCUT2D eigenvalue weighted by Crippen LogP contribution is 2.31. The zero-order valence-corrected chi connectivity index (χ0v) is 11.1. The summed E-state index contributed by atoms with van der Waals surface area (Å²) in [7, 11) is 0. The second kappa shape index (κ2) is 7.74. The predicted octanol–water partition coefficient (Wildman–Crippen LogP) is 1.81. The van der Waals surface area contributed by atoms with Crippen LogP contribution in [0.5, 0.6) is 5.75 Å². The molecule has 1 rings (SSSR count). The number of likely N-dealkylation sites (N-methyl/N-ethyl adjacent to an activating group) is 1. The predicted molar refractivity (Wildman–Crippen MR) is 68.5 cm³/mol. The summed E-state index contributed by atoms with van der Waals surface area (Å²) >= 11 is 0. The first-order valence-corrected chi connectivity index (χ1v) is 6.21. The number of rotatable bonds is 7. The molecular weight excluding hydrogens is 273 g/mol. The van der Waals surface area contributed by atoms with Gasteiger partial charge in [-0.25, -0.2) is 0 Å². The van der Waals surface area contributed by atoms with Gasteiger partial charge in [0.2, 0.25) is 0 Å². The van der Waals surface area contributed by atoms with Crippen LogP contribution < -0.4 is 15.4 Å². The first-order valence-electron chi connectivity index (χ1n) is 6.21. The molecule has 0 saturated heterocycles. The molecule has 4 nitrogen and oxygen atoms in total. The van der Waals surface area contributed by atoms with E-state index in [0.29, 0.717) is 13.1 Å². The van der Waals surface area contributed by atoms with Crippen molar-refractivity contribution in [2.75, 3.05) is 26.2 Å². The lowest BCUT2D eigenvalue weighted by molar-refractivity contribution is -0.137. The van der Waals surface area contributed by atoms with Crippen LogP contribution in [0.25, 0.3) is 0 Å². The average Bonchev–Trinajstić information content (AvgIpc) is 2.41. The number of carbonyl (C=O) groups excluding carboxylic acids is 1. The normalized spacial score (nSPS) is 11.2. The van der Waals surface area contributed by atoms with Crippen molar-refractivity contribution in [3.8, 4) is 5.75 Å². The Kier molecular flexibility index (Phi) is 6.30. The molecule has 0 aliphatic rings. The Morgan fingerprint density at radius 3 is 2.70 bits per heavy atom. The Morgan fingerprint density at radius 1 is 1.30 bits per heavy atom. The number of nitrogens with one attached hydrogen (secondary N) is 2. The molecule has 20 heavy (non-hydrogen) atoms. The van der Waals surface area contributed by atoms with E-state index in [4.69, 9.17) is 4.74 Å². The highest BCUT2D eigenvalue weighted by Gasteiger charge is 2.30. The molecule has 0 bridgehead atoms. The van der Waals surface area contributed by atoms with E-state index in [-0.39, 0.29) is 18.3 Å². The summed E-state index contributed by atoms with van der Waals surface area (Å²) in [4.78, 5) is 11.4. The number of halogens is 3. The van der Waals surface area contributed by atoms with Gasteiger partial charge in [0.25, 0.3) is 5.91 Å². The highest BCUT2D eigenvalue weighted by atomic mass is 19.4. The lowest BCUT2D eigenvalue weighted by Gasteiger charge is -2.10. The fraction of sp³-hybridized carbons (Fsp3) is 0.462. The minimum Gasteiger partial charge on any atom is -0.484 e. The molecule has 0 spiro atoms. The van der Waals surface area contributed by atoms with Gasteiger partial charge < -0.3 is 15.4 Å². The van der Waals surface area contributed by atoms with Crippen molar-refractivity contribution in [2.45, 2.75) is 13.1 Å². The van der Waals surface area contributed by atoms with Crippen molar-refractivity contribution in [1.82, 2.24) is 10.6 Å². The second-order valence-corrected chi connectivity index (χ2v) is 4.02. The molecule has 2 N–H and O–H groups in total. The quantitative estimate of drug-likeness (QED) is 0.753. The summed E-state index contributed by atoms with van der Waals surface area (Å²) < 4.78 is 42.4. The zero-order valence-electron chi connectivity index (χ0n) is 11.1. The summed E-state index contributed by atoms with van der Waals surface area (Å²) in [5.41, 5.74) is -0.803. The molecule has 0 atom stereocenters. The van der Waals surface area contributed by atoms with Crippen LogP contribution in [0.15, 0.2) is 24.3 Å². The molecule has 0 aliphatic carbocycles. The maximum absolute atomic E-state index is 12.5. The van der Waals surface area contributed by atoms with E-state index in [0.717, 1.165) is 18.7 Å². The van der Waals surface area contributed by atoms with Crippen LogP contribution in [0.4, 0.5) is 13.2 Å². The van der Waals surface area contributed by atoms with E-state index in [1.165, 1.54) is 12.1 Å². The molecule has 7 heteroatoms. The van der Waals surface area contributed by atoms with Gasteiger partial charge in [-0.05, 0) is 24.7 Å². The van der Waals surface area contributed by atoms with Crippen molar-refractivity contribution in [1.29, 1.82) is 0 Å². The van der Waals surface area contributed by atoms with E-state index in [9.17, 15) is 18.0 Å². The van der Waals surface area contributed by atoms with Gasteiger partial charge in [0.15, 0.2) is 6.61 Å². The maximum atomic E-state index is 12.5. The topological polar surface area (TPSA) is 50.4 Å². The third-order valence-electron chi connectivity index (χ3n) is 2.41. The fourth-order valence-corrected chi connectivity index (χ4v) is 1.43. The molecule has 0 heterocycles. The van der Waals surface area contributed by atoms with Crippen LogP contribution in [0.2, 0.25) is 0 Å². The van der Waals surface area contributed by atoms with Gasteiger partial charge in [0, 0.05) is 13.1 Å². The van der Waals surface area contributed by atoms with Gasteiger partial charge in [0.05, 0.1) is 5.56 Å². The summed E-state index contributed by atoms with van der Waals surface area (Å²) in [5, 5.41) is 5.60. The largest absolute Gasteiger partial charge is 0.484 e.